The number of Topliss-reactive ketones (excluding diaryl/α,β-unsaturated/α-hetero) is 2. The normalized spacial score (nSPS) is 14.2. The number of ketones is 2. The Hall–Kier alpha value is -5.50. The number of carbonyl (C=O) groups is 2. The highest BCUT2D eigenvalue weighted by Gasteiger charge is 2.32. The maximum absolute atomic E-state index is 13.6. The van der Waals surface area contributed by atoms with Gasteiger partial charge < -0.3 is 24.3 Å². The van der Waals surface area contributed by atoms with Gasteiger partial charge in [-0.1, -0.05) is 66.2 Å². The molecular weight excluding hydrogens is 822 g/mol. The Labute approximate surface area is 371 Å². The number of anilines is 1. The summed E-state index contributed by atoms with van der Waals surface area (Å²) in [4.78, 5) is 31.8. The summed E-state index contributed by atoms with van der Waals surface area (Å²) < 4.78 is 25.0. The van der Waals surface area contributed by atoms with Gasteiger partial charge >= 0.3 is 0 Å². The molecule has 6 aromatic rings. The maximum Gasteiger partial charge on any atom is 0.163 e. The number of aromatic nitrogens is 3. The highest BCUT2D eigenvalue weighted by atomic mass is 35.5. The van der Waals surface area contributed by atoms with Crippen molar-refractivity contribution in [1.29, 1.82) is 0 Å². The van der Waals surface area contributed by atoms with E-state index in [9.17, 15) is 9.59 Å². The van der Waals surface area contributed by atoms with Crippen molar-refractivity contribution in [2.24, 2.45) is 4.99 Å². The Morgan fingerprint density at radius 3 is 2.18 bits per heavy atom. The molecule has 2 aromatic heterocycles. The van der Waals surface area contributed by atoms with Gasteiger partial charge in [-0.2, -0.15) is 0 Å². The van der Waals surface area contributed by atoms with Crippen LogP contribution < -0.4 is 10.1 Å². The van der Waals surface area contributed by atoms with Gasteiger partial charge in [-0.15, -0.1) is 21.5 Å². The van der Waals surface area contributed by atoms with Gasteiger partial charge in [0.05, 0.1) is 45.4 Å². The van der Waals surface area contributed by atoms with E-state index in [1.807, 2.05) is 55.5 Å². The molecule has 62 heavy (non-hydrogen) atoms. The lowest BCUT2D eigenvalue weighted by atomic mass is 9.99. The maximum atomic E-state index is 13.6. The summed E-state index contributed by atoms with van der Waals surface area (Å²) in [5.74, 6) is 2.48. The lowest BCUT2D eigenvalue weighted by Gasteiger charge is -2.13. The van der Waals surface area contributed by atoms with Crippen LogP contribution in [0, 0.1) is 20.8 Å². The third-order valence-electron chi connectivity index (χ3n) is 11.1. The van der Waals surface area contributed by atoms with Crippen LogP contribution in [0.1, 0.15) is 62.4 Å². The molecule has 13 heteroatoms. The van der Waals surface area contributed by atoms with Crippen molar-refractivity contribution in [3.8, 4) is 21.9 Å². The summed E-state index contributed by atoms with van der Waals surface area (Å²) in [7, 11) is 0. The van der Waals surface area contributed by atoms with Crippen molar-refractivity contribution in [2.45, 2.75) is 52.5 Å². The number of benzene rings is 4. The molecule has 0 amide bonds. The van der Waals surface area contributed by atoms with E-state index in [0.717, 1.165) is 66.7 Å². The van der Waals surface area contributed by atoms with E-state index in [1.165, 1.54) is 4.88 Å². The van der Waals surface area contributed by atoms with Crippen molar-refractivity contribution in [3.63, 3.8) is 0 Å². The minimum absolute atomic E-state index is 0.0538. The molecule has 0 saturated heterocycles. The molecule has 0 bridgehead atoms. The molecule has 0 spiro atoms. The molecule has 4 aromatic carbocycles. The summed E-state index contributed by atoms with van der Waals surface area (Å²) in [6.07, 6.45) is 1.55. The van der Waals surface area contributed by atoms with Crippen LogP contribution in [0.2, 0.25) is 5.02 Å². The molecule has 1 N–H and O–H groups in total. The average Bonchev–Trinajstić information content (AvgIpc) is 3.91. The van der Waals surface area contributed by atoms with Crippen LogP contribution in [0.15, 0.2) is 96.0 Å². The van der Waals surface area contributed by atoms with Crippen molar-refractivity contribution < 1.29 is 28.5 Å². The number of nitrogens with zero attached hydrogens (tertiary/aromatic N) is 4. The monoisotopic (exact) mass is 871 g/mol. The van der Waals surface area contributed by atoms with Gasteiger partial charge in [0, 0.05) is 58.9 Å². The van der Waals surface area contributed by atoms with Crippen LogP contribution in [-0.4, -0.2) is 84.8 Å². The Bertz CT molecular complexity index is 2550. The average molecular weight is 872 g/mol. The Morgan fingerprint density at radius 1 is 0.774 bits per heavy atom. The summed E-state index contributed by atoms with van der Waals surface area (Å²) in [5, 5.41) is 14.0. The lowest BCUT2D eigenvalue weighted by molar-refractivity contribution is -0.119. The summed E-state index contributed by atoms with van der Waals surface area (Å²) in [5.41, 5.74) is 10.5. The Balaban J connectivity index is 0.705. The van der Waals surface area contributed by atoms with Crippen LogP contribution in [0.25, 0.3) is 16.1 Å². The Kier molecular flexibility index (Phi) is 14.0. The number of carbonyl (C=O) groups excluding carboxylic acids is 2. The number of hydrogen-bond donors (Lipinski definition) is 1. The molecule has 2 aliphatic rings. The molecule has 0 unspecified atom stereocenters. The number of hydrogen-bond acceptors (Lipinski definition) is 11. The molecule has 1 aliphatic carbocycles. The molecule has 1 atom stereocenters. The van der Waals surface area contributed by atoms with Crippen LogP contribution in [-0.2, 0) is 43.1 Å². The minimum Gasteiger partial charge on any atom is -0.491 e. The van der Waals surface area contributed by atoms with Crippen molar-refractivity contribution in [3.05, 3.63) is 146 Å². The molecule has 0 radical (unpaired) electrons. The van der Waals surface area contributed by atoms with Crippen LogP contribution >= 0.6 is 22.9 Å². The largest absolute Gasteiger partial charge is 0.491 e. The zero-order chi connectivity index (χ0) is 43.0. The SMILES string of the molecule is Cc1sc2c(c1C)C(c1ccc(Cl)cc1)=N[C@@H](CC(=O)Cc1ccc(OCCOCCOCCOCCNc3ccc(-c4ccc5c(c4)CC(=O)C5)cc3)cc1)c1nnc(C)n1-2. The highest BCUT2D eigenvalue weighted by molar-refractivity contribution is 7.15. The van der Waals surface area contributed by atoms with Crippen LogP contribution in [0.4, 0.5) is 5.69 Å². The highest BCUT2D eigenvalue weighted by Crippen LogP contribution is 2.40. The van der Waals surface area contributed by atoms with E-state index in [-0.39, 0.29) is 18.6 Å². The number of fused-ring (bicyclic) bond motifs is 4. The predicted octanol–water partition coefficient (Wildman–Crippen LogP) is 8.88. The zero-order valence-corrected chi connectivity index (χ0v) is 36.8. The molecule has 320 valence electrons. The van der Waals surface area contributed by atoms with Crippen LogP contribution in [0.5, 0.6) is 5.75 Å². The molecule has 1 aliphatic heterocycles. The van der Waals surface area contributed by atoms with Gasteiger partial charge in [0.1, 0.15) is 40.8 Å². The summed E-state index contributed by atoms with van der Waals surface area (Å²) >= 11 is 7.94. The van der Waals surface area contributed by atoms with E-state index in [2.05, 4.69) is 76.4 Å². The number of aliphatic imine (C=N–C) groups is 1. The van der Waals surface area contributed by atoms with E-state index >= 15 is 0 Å². The molecule has 11 nitrogen and oxygen atoms in total. The van der Waals surface area contributed by atoms with Gasteiger partial charge in [-0.3, -0.25) is 19.1 Å². The lowest BCUT2D eigenvalue weighted by Crippen LogP contribution is -2.15. The van der Waals surface area contributed by atoms with E-state index in [1.54, 1.807) is 11.3 Å². The molecule has 0 fully saturated rings. The second-order valence-corrected chi connectivity index (χ2v) is 17.2. The number of aryl methyl sites for hydroxylation is 2. The second kappa shape index (κ2) is 20.1. The van der Waals surface area contributed by atoms with E-state index in [0.29, 0.717) is 88.0 Å². The quantitative estimate of drug-likeness (QED) is 0.0749. The smallest absolute Gasteiger partial charge is 0.163 e. The fourth-order valence-corrected chi connectivity index (χ4v) is 9.13. The first kappa shape index (κ1) is 43.2. The predicted molar refractivity (Wildman–Crippen MR) is 244 cm³/mol. The first-order valence-corrected chi connectivity index (χ1v) is 22.2. The van der Waals surface area contributed by atoms with Gasteiger partial charge in [0.25, 0.3) is 0 Å². The number of thiophene rings is 1. The number of halogens is 1. The van der Waals surface area contributed by atoms with Crippen molar-refractivity contribution in [2.75, 3.05) is 58.1 Å². The Morgan fingerprint density at radius 2 is 1.44 bits per heavy atom. The number of nitrogens with one attached hydrogen (secondary N) is 1. The molecular formula is C49H50ClN5O6S. The third-order valence-corrected chi connectivity index (χ3v) is 12.6. The third kappa shape index (κ3) is 10.4. The second-order valence-electron chi connectivity index (χ2n) is 15.5. The molecule has 0 saturated carbocycles. The fraction of sp³-hybridized carbons (Fsp3) is 0.327. The zero-order valence-electron chi connectivity index (χ0n) is 35.2. The summed E-state index contributed by atoms with van der Waals surface area (Å²) in [6, 6.07) is 29.4. The standard InChI is InChI=1S/C49H50ClN5O6S/c1-31-32(2)62-49-46(31)47(36-8-12-40(50)13-9-36)52-45(48-54-53-33(3)55(48)49)30-42(56)26-34-4-16-44(17-5-34)61-25-24-60-23-22-59-21-20-58-19-18-51-41-14-10-35(11-15-41)37-6-7-38-28-43(57)29-39(38)27-37/h4-17,27,45,51H,18-26,28-30H2,1-3H3/t45-/m0/s1. The van der Waals surface area contributed by atoms with Crippen molar-refractivity contribution in [1.82, 2.24) is 14.8 Å². The minimum atomic E-state index is -0.503. The van der Waals surface area contributed by atoms with Gasteiger partial charge in [0.2, 0.25) is 0 Å². The molecule has 8 rings (SSSR count). The topological polar surface area (TPSA) is 126 Å². The van der Waals surface area contributed by atoms with Crippen LogP contribution in [0.3, 0.4) is 0 Å². The van der Waals surface area contributed by atoms with Gasteiger partial charge in [-0.25, -0.2) is 0 Å². The van der Waals surface area contributed by atoms with Crippen molar-refractivity contribution >= 4 is 45.9 Å². The van der Waals surface area contributed by atoms with Gasteiger partial charge in [0.15, 0.2) is 5.82 Å². The van der Waals surface area contributed by atoms with Gasteiger partial charge in [-0.05, 0) is 90.6 Å². The number of rotatable bonds is 20. The summed E-state index contributed by atoms with van der Waals surface area (Å²) in [6.45, 7) is 10.2. The molecule has 3 heterocycles. The first-order valence-electron chi connectivity index (χ1n) is 21.0. The van der Waals surface area contributed by atoms with E-state index < -0.39 is 6.04 Å². The first-order chi connectivity index (χ1) is 30.2. The van der Waals surface area contributed by atoms with E-state index in [4.69, 9.17) is 35.5 Å². The number of ether oxygens (including phenoxy) is 4. The fourth-order valence-electron chi connectivity index (χ4n) is 7.79.